The topological polar surface area (TPSA) is 35.0 Å². The van der Waals surface area contributed by atoms with Crippen LogP contribution in [0.25, 0.3) is 0 Å². The lowest BCUT2D eigenvalue weighted by Crippen LogP contribution is -2.04. The van der Waals surface area contributed by atoms with Crippen LogP contribution in [0, 0.1) is 3.01 Å². The maximum atomic E-state index is 5.60. The number of rotatable bonds is 1. The molecule has 0 amide bonds. The van der Waals surface area contributed by atoms with Gasteiger partial charge in [0.25, 0.3) is 0 Å². The Hall–Kier alpha value is -0.690. The molecular formula is C10H7IN2OS. The Morgan fingerprint density at radius 2 is 2.27 bits per heavy atom. The van der Waals surface area contributed by atoms with Crippen molar-refractivity contribution in [3.8, 4) is 5.75 Å². The van der Waals surface area contributed by atoms with Crippen LogP contribution < -0.4 is 4.74 Å². The molecule has 2 aromatic rings. The highest BCUT2D eigenvalue weighted by atomic mass is 127. The van der Waals surface area contributed by atoms with E-state index in [9.17, 15) is 0 Å². The largest absolute Gasteiger partial charge is 0.492 e. The molecule has 0 aliphatic carbocycles. The van der Waals surface area contributed by atoms with E-state index >= 15 is 0 Å². The van der Waals surface area contributed by atoms with Gasteiger partial charge in [0.05, 0.1) is 5.92 Å². The van der Waals surface area contributed by atoms with E-state index in [1.807, 2.05) is 18.2 Å². The van der Waals surface area contributed by atoms with Crippen molar-refractivity contribution in [3.05, 3.63) is 38.7 Å². The summed E-state index contributed by atoms with van der Waals surface area (Å²) in [5, 5.41) is 0. The first kappa shape index (κ1) is 9.53. The predicted molar refractivity (Wildman–Crippen MR) is 66.4 cm³/mol. The molecule has 3 nitrogen and oxygen atoms in total. The number of hydrogen-bond acceptors (Lipinski definition) is 4. The predicted octanol–water partition coefficient (Wildman–Crippen LogP) is 2.67. The van der Waals surface area contributed by atoms with Crippen LogP contribution in [0.3, 0.4) is 0 Å². The number of fused-ring (bicyclic) bond motifs is 1. The Balaban J connectivity index is 2.04. The Kier molecular flexibility index (Phi) is 2.36. The molecule has 1 aromatic heterocycles. The summed E-state index contributed by atoms with van der Waals surface area (Å²) < 4.78 is 10.9. The van der Waals surface area contributed by atoms with Crippen molar-refractivity contribution >= 4 is 34.1 Å². The fourth-order valence-electron chi connectivity index (χ4n) is 1.73. The summed E-state index contributed by atoms with van der Waals surface area (Å²) in [6.07, 6.45) is 0. The Bertz CT molecular complexity index is 500. The second-order valence-corrected chi connectivity index (χ2v) is 5.81. The molecule has 5 heteroatoms. The second kappa shape index (κ2) is 3.71. The minimum absolute atomic E-state index is 0.209. The van der Waals surface area contributed by atoms with E-state index in [0.29, 0.717) is 6.61 Å². The molecule has 1 aromatic carbocycles. The summed E-state index contributed by atoms with van der Waals surface area (Å²) in [6, 6.07) is 8.09. The van der Waals surface area contributed by atoms with Gasteiger partial charge in [-0.1, -0.05) is 18.2 Å². The van der Waals surface area contributed by atoms with Crippen LogP contribution in [0.5, 0.6) is 5.75 Å². The van der Waals surface area contributed by atoms with Gasteiger partial charge < -0.3 is 4.74 Å². The van der Waals surface area contributed by atoms with E-state index in [4.69, 9.17) is 4.74 Å². The molecule has 1 atom stereocenters. The van der Waals surface area contributed by atoms with Gasteiger partial charge in [-0.05, 0) is 40.2 Å². The average Bonchev–Trinajstić information content (AvgIpc) is 2.83. The summed E-state index contributed by atoms with van der Waals surface area (Å²) in [7, 11) is 0. The van der Waals surface area contributed by atoms with E-state index in [-0.39, 0.29) is 5.92 Å². The van der Waals surface area contributed by atoms with Crippen molar-refractivity contribution in [1.82, 2.24) is 9.36 Å². The molecule has 15 heavy (non-hydrogen) atoms. The smallest absolute Gasteiger partial charge is 0.174 e. The zero-order valence-corrected chi connectivity index (χ0v) is 10.7. The van der Waals surface area contributed by atoms with Crippen LogP contribution in [-0.4, -0.2) is 16.0 Å². The monoisotopic (exact) mass is 330 g/mol. The number of ether oxygens (including phenoxy) is 1. The summed E-state index contributed by atoms with van der Waals surface area (Å²) in [6.45, 7) is 0.659. The van der Waals surface area contributed by atoms with Crippen LogP contribution in [0.2, 0.25) is 0 Å². The van der Waals surface area contributed by atoms with Gasteiger partial charge in [0.2, 0.25) is 0 Å². The molecule has 0 spiro atoms. The standard InChI is InChI=1S/C10H7IN2OS/c11-10-12-9(13-15-10)7-5-14-8-4-2-1-3-6(7)8/h1-4,7H,5H2. The molecule has 1 aliphatic rings. The molecule has 0 saturated carbocycles. The van der Waals surface area contributed by atoms with E-state index < -0.39 is 0 Å². The normalized spacial score (nSPS) is 18.6. The van der Waals surface area contributed by atoms with Crippen molar-refractivity contribution in [2.24, 2.45) is 0 Å². The first-order chi connectivity index (χ1) is 7.34. The summed E-state index contributed by atoms with van der Waals surface area (Å²) in [4.78, 5) is 4.41. The number of hydrogen-bond donors (Lipinski definition) is 0. The first-order valence-electron chi connectivity index (χ1n) is 4.55. The zero-order valence-electron chi connectivity index (χ0n) is 7.68. The highest BCUT2D eigenvalue weighted by Gasteiger charge is 2.28. The molecule has 0 saturated heterocycles. The highest BCUT2D eigenvalue weighted by Crippen LogP contribution is 2.36. The van der Waals surface area contributed by atoms with Crippen molar-refractivity contribution in [2.75, 3.05) is 6.61 Å². The quantitative estimate of drug-likeness (QED) is 0.754. The highest BCUT2D eigenvalue weighted by molar-refractivity contribution is 14.1. The van der Waals surface area contributed by atoms with Crippen LogP contribution in [0.15, 0.2) is 24.3 Å². The fourth-order valence-corrected chi connectivity index (χ4v) is 2.75. The molecule has 0 fully saturated rings. The van der Waals surface area contributed by atoms with Gasteiger partial charge in [-0.25, -0.2) is 4.98 Å². The molecular weight excluding hydrogens is 323 g/mol. The van der Waals surface area contributed by atoms with E-state index in [0.717, 1.165) is 14.6 Å². The summed E-state index contributed by atoms with van der Waals surface area (Å²) in [5.74, 6) is 2.06. The molecule has 2 heterocycles. The van der Waals surface area contributed by atoms with Crippen molar-refractivity contribution in [1.29, 1.82) is 0 Å². The maximum Gasteiger partial charge on any atom is 0.174 e. The van der Waals surface area contributed by atoms with Crippen LogP contribution in [0.1, 0.15) is 17.3 Å². The lowest BCUT2D eigenvalue weighted by Gasteiger charge is -2.02. The minimum atomic E-state index is 0.209. The SMILES string of the molecule is Ic1nc(C2COc3ccccc32)ns1. The summed E-state index contributed by atoms with van der Waals surface area (Å²) in [5.41, 5.74) is 1.20. The Morgan fingerprint density at radius 1 is 1.40 bits per heavy atom. The third kappa shape index (κ3) is 1.63. The molecule has 3 rings (SSSR count). The van der Waals surface area contributed by atoms with Crippen LogP contribution >= 0.6 is 34.1 Å². The van der Waals surface area contributed by atoms with Crippen molar-refractivity contribution < 1.29 is 4.74 Å². The fraction of sp³-hybridized carbons (Fsp3) is 0.200. The Labute approximate surface area is 105 Å². The minimum Gasteiger partial charge on any atom is -0.492 e. The number of nitrogens with zero attached hydrogens (tertiary/aromatic N) is 2. The van der Waals surface area contributed by atoms with Crippen molar-refractivity contribution in [3.63, 3.8) is 0 Å². The number of halogens is 1. The molecule has 0 N–H and O–H groups in total. The molecule has 0 radical (unpaired) electrons. The lowest BCUT2D eigenvalue weighted by atomic mass is 10.0. The molecule has 0 bridgehead atoms. The first-order valence-corrected chi connectivity index (χ1v) is 6.40. The van der Waals surface area contributed by atoms with Gasteiger partial charge in [0.15, 0.2) is 8.84 Å². The molecule has 1 aliphatic heterocycles. The zero-order chi connectivity index (χ0) is 10.3. The maximum absolute atomic E-state index is 5.60. The third-order valence-electron chi connectivity index (χ3n) is 2.43. The van der Waals surface area contributed by atoms with Crippen LogP contribution in [0.4, 0.5) is 0 Å². The van der Waals surface area contributed by atoms with Gasteiger partial charge in [0, 0.05) is 5.56 Å². The van der Waals surface area contributed by atoms with Crippen LogP contribution in [-0.2, 0) is 0 Å². The van der Waals surface area contributed by atoms with E-state index in [2.05, 4.69) is 38.0 Å². The number of benzene rings is 1. The van der Waals surface area contributed by atoms with Gasteiger partial charge in [-0.2, -0.15) is 4.37 Å². The van der Waals surface area contributed by atoms with E-state index in [1.54, 1.807) is 0 Å². The lowest BCUT2D eigenvalue weighted by molar-refractivity contribution is 0.340. The van der Waals surface area contributed by atoms with Gasteiger partial charge in [0.1, 0.15) is 12.4 Å². The van der Waals surface area contributed by atoms with E-state index in [1.165, 1.54) is 17.1 Å². The van der Waals surface area contributed by atoms with Gasteiger partial charge in [-0.3, -0.25) is 0 Å². The van der Waals surface area contributed by atoms with Crippen molar-refractivity contribution in [2.45, 2.75) is 5.92 Å². The number of aromatic nitrogens is 2. The molecule has 76 valence electrons. The van der Waals surface area contributed by atoms with Gasteiger partial charge in [-0.15, -0.1) is 0 Å². The second-order valence-electron chi connectivity index (χ2n) is 3.31. The summed E-state index contributed by atoms with van der Waals surface area (Å²) >= 11 is 3.63. The number of para-hydroxylation sites is 1. The average molecular weight is 330 g/mol. The molecule has 1 unspecified atom stereocenters. The third-order valence-corrected chi connectivity index (χ3v) is 3.78. The van der Waals surface area contributed by atoms with Gasteiger partial charge >= 0.3 is 0 Å². The Morgan fingerprint density at radius 3 is 3.07 bits per heavy atom.